The van der Waals surface area contributed by atoms with Gasteiger partial charge in [-0.15, -0.1) is 6.58 Å². The van der Waals surface area contributed by atoms with Crippen molar-refractivity contribution in [2.45, 2.75) is 19.4 Å². The quantitative estimate of drug-likeness (QED) is 0.347. The normalized spacial score (nSPS) is 12.8. The average Bonchev–Trinajstić information content (AvgIpc) is 2.29. The Hall–Kier alpha value is -1.68. The zero-order valence-electron chi connectivity index (χ0n) is 9.34. The van der Waals surface area contributed by atoms with Gasteiger partial charge in [0.1, 0.15) is 0 Å². The van der Waals surface area contributed by atoms with Crippen LogP contribution in [0.5, 0.6) is 0 Å². The van der Waals surface area contributed by atoms with Gasteiger partial charge in [0, 0.05) is 11.9 Å². The standard InChI is InChI=1S/C12H16N2O2/c1-3-4-12(16-8-7-14-15)11-6-5-10(2)13-9-11/h3,5-7,9,12,15H,1,4,8H2,2H3/b14-7-. The second kappa shape index (κ2) is 6.74. The van der Waals surface area contributed by atoms with Crippen molar-refractivity contribution in [3.63, 3.8) is 0 Å². The number of rotatable bonds is 6. The molecule has 0 amide bonds. The monoisotopic (exact) mass is 220 g/mol. The van der Waals surface area contributed by atoms with Gasteiger partial charge >= 0.3 is 0 Å². The highest BCUT2D eigenvalue weighted by molar-refractivity contribution is 5.57. The van der Waals surface area contributed by atoms with Gasteiger partial charge in [0.05, 0.1) is 18.9 Å². The van der Waals surface area contributed by atoms with Crippen LogP contribution in [0, 0.1) is 6.92 Å². The first-order valence-corrected chi connectivity index (χ1v) is 5.09. The third kappa shape index (κ3) is 3.82. The van der Waals surface area contributed by atoms with Crippen LogP contribution in [0.3, 0.4) is 0 Å². The van der Waals surface area contributed by atoms with E-state index in [4.69, 9.17) is 9.94 Å². The molecule has 0 bridgehead atoms. The maximum Gasteiger partial charge on any atom is 0.0879 e. The summed E-state index contributed by atoms with van der Waals surface area (Å²) >= 11 is 0. The van der Waals surface area contributed by atoms with Crippen molar-refractivity contribution >= 4 is 6.21 Å². The van der Waals surface area contributed by atoms with Gasteiger partial charge in [-0.1, -0.05) is 17.3 Å². The summed E-state index contributed by atoms with van der Waals surface area (Å²) in [6, 6.07) is 3.92. The molecule has 0 fully saturated rings. The van der Waals surface area contributed by atoms with Crippen LogP contribution < -0.4 is 0 Å². The minimum atomic E-state index is -0.0939. The minimum absolute atomic E-state index is 0.0939. The lowest BCUT2D eigenvalue weighted by Crippen LogP contribution is -2.06. The molecule has 0 aliphatic heterocycles. The highest BCUT2D eigenvalue weighted by Crippen LogP contribution is 2.20. The van der Waals surface area contributed by atoms with E-state index in [1.807, 2.05) is 19.1 Å². The lowest BCUT2D eigenvalue weighted by molar-refractivity contribution is 0.0845. The van der Waals surface area contributed by atoms with Crippen molar-refractivity contribution in [3.8, 4) is 0 Å². The van der Waals surface area contributed by atoms with E-state index < -0.39 is 0 Å². The topological polar surface area (TPSA) is 54.7 Å². The van der Waals surface area contributed by atoms with Crippen LogP contribution in [0.2, 0.25) is 0 Å². The Morgan fingerprint density at radius 2 is 2.44 bits per heavy atom. The number of hydrogen-bond acceptors (Lipinski definition) is 4. The van der Waals surface area contributed by atoms with Crippen LogP contribution in [-0.4, -0.2) is 23.0 Å². The maximum atomic E-state index is 8.27. The van der Waals surface area contributed by atoms with Crippen molar-refractivity contribution in [2.24, 2.45) is 5.16 Å². The van der Waals surface area contributed by atoms with E-state index in [0.29, 0.717) is 6.42 Å². The van der Waals surface area contributed by atoms with Gasteiger partial charge in [-0.05, 0) is 25.0 Å². The van der Waals surface area contributed by atoms with E-state index in [9.17, 15) is 0 Å². The molecular formula is C12H16N2O2. The van der Waals surface area contributed by atoms with Crippen LogP contribution in [0.15, 0.2) is 36.1 Å². The first-order chi connectivity index (χ1) is 7.77. The van der Waals surface area contributed by atoms with Gasteiger partial charge in [0.15, 0.2) is 0 Å². The fraction of sp³-hybridized carbons (Fsp3) is 0.333. The zero-order chi connectivity index (χ0) is 11.8. The predicted octanol–water partition coefficient (Wildman–Crippen LogP) is 2.48. The fourth-order valence-corrected chi connectivity index (χ4v) is 1.31. The molecule has 1 N–H and O–H groups in total. The second-order valence-electron chi connectivity index (χ2n) is 3.38. The fourth-order valence-electron chi connectivity index (χ4n) is 1.31. The third-order valence-electron chi connectivity index (χ3n) is 2.14. The Kier molecular flexibility index (Phi) is 5.22. The Labute approximate surface area is 95.3 Å². The van der Waals surface area contributed by atoms with E-state index in [-0.39, 0.29) is 12.7 Å². The summed E-state index contributed by atoms with van der Waals surface area (Å²) in [6.07, 6.45) is 5.49. The van der Waals surface area contributed by atoms with Crippen LogP contribution in [0.1, 0.15) is 23.8 Å². The van der Waals surface area contributed by atoms with Crippen molar-refractivity contribution in [1.82, 2.24) is 4.98 Å². The molecule has 0 saturated heterocycles. The zero-order valence-corrected chi connectivity index (χ0v) is 9.34. The van der Waals surface area contributed by atoms with E-state index in [1.54, 1.807) is 12.3 Å². The van der Waals surface area contributed by atoms with Gasteiger partial charge in [-0.2, -0.15) is 0 Å². The number of hydrogen-bond donors (Lipinski definition) is 1. The number of pyridine rings is 1. The maximum absolute atomic E-state index is 8.27. The molecule has 1 aromatic rings. The molecule has 0 radical (unpaired) electrons. The molecule has 0 spiro atoms. The summed E-state index contributed by atoms with van der Waals surface area (Å²) in [5.41, 5.74) is 1.97. The second-order valence-corrected chi connectivity index (χ2v) is 3.38. The molecule has 0 aliphatic carbocycles. The molecule has 0 saturated carbocycles. The smallest absolute Gasteiger partial charge is 0.0879 e. The summed E-state index contributed by atoms with van der Waals surface area (Å²) in [7, 11) is 0. The first kappa shape index (κ1) is 12.4. The molecule has 0 aliphatic rings. The summed E-state index contributed by atoms with van der Waals surface area (Å²) < 4.78 is 5.53. The molecule has 86 valence electrons. The number of aryl methyl sites for hydroxylation is 1. The number of oxime groups is 1. The molecule has 1 rings (SSSR count). The number of nitrogens with zero attached hydrogens (tertiary/aromatic N) is 2. The molecule has 1 atom stereocenters. The van der Waals surface area contributed by atoms with Crippen LogP contribution in [0.4, 0.5) is 0 Å². The SMILES string of the molecule is C=CCC(OC/C=N\O)c1ccc(C)nc1. The summed E-state index contributed by atoms with van der Waals surface area (Å²) in [5.74, 6) is 0. The number of aromatic nitrogens is 1. The van der Waals surface area contributed by atoms with Crippen molar-refractivity contribution in [1.29, 1.82) is 0 Å². The molecule has 0 aromatic carbocycles. The Morgan fingerprint density at radius 1 is 1.62 bits per heavy atom. The third-order valence-corrected chi connectivity index (χ3v) is 2.14. The Morgan fingerprint density at radius 3 is 3.00 bits per heavy atom. The first-order valence-electron chi connectivity index (χ1n) is 5.09. The molecule has 16 heavy (non-hydrogen) atoms. The average molecular weight is 220 g/mol. The van der Waals surface area contributed by atoms with Gasteiger partial charge in [-0.3, -0.25) is 4.98 Å². The molecule has 4 heteroatoms. The van der Waals surface area contributed by atoms with Crippen LogP contribution in [0.25, 0.3) is 0 Å². The van der Waals surface area contributed by atoms with Gasteiger partial charge in [0.25, 0.3) is 0 Å². The van der Waals surface area contributed by atoms with Gasteiger partial charge in [-0.25, -0.2) is 0 Å². The molecule has 1 heterocycles. The van der Waals surface area contributed by atoms with Crippen molar-refractivity contribution in [3.05, 3.63) is 42.2 Å². The number of ether oxygens (including phenoxy) is 1. The highest BCUT2D eigenvalue weighted by Gasteiger charge is 2.09. The van der Waals surface area contributed by atoms with E-state index in [0.717, 1.165) is 11.3 Å². The summed E-state index contributed by atoms with van der Waals surface area (Å²) in [5, 5.41) is 11.2. The molecule has 1 unspecified atom stereocenters. The van der Waals surface area contributed by atoms with Gasteiger partial charge in [0.2, 0.25) is 0 Å². The van der Waals surface area contributed by atoms with E-state index >= 15 is 0 Å². The minimum Gasteiger partial charge on any atom is -0.411 e. The Bertz CT molecular complexity index is 347. The van der Waals surface area contributed by atoms with Crippen LogP contribution >= 0.6 is 0 Å². The lowest BCUT2D eigenvalue weighted by Gasteiger charge is -2.15. The predicted molar refractivity (Wildman–Crippen MR) is 62.8 cm³/mol. The van der Waals surface area contributed by atoms with E-state index in [1.165, 1.54) is 6.21 Å². The summed E-state index contributed by atoms with van der Waals surface area (Å²) in [6.45, 7) is 5.89. The van der Waals surface area contributed by atoms with Crippen molar-refractivity contribution < 1.29 is 9.94 Å². The molecule has 1 aromatic heterocycles. The summed E-state index contributed by atoms with van der Waals surface area (Å²) in [4.78, 5) is 4.21. The molecular weight excluding hydrogens is 204 g/mol. The Balaban J connectivity index is 2.68. The van der Waals surface area contributed by atoms with E-state index in [2.05, 4.69) is 16.7 Å². The van der Waals surface area contributed by atoms with Crippen LogP contribution in [-0.2, 0) is 4.74 Å². The highest BCUT2D eigenvalue weighted by atomic mass is 16.5. The largest absolute Gasteiger partial charge is 0.411 e. The van der Waals surface area contributed by atoms with Crippen molar-refractivity contribution in [2.75, 3.05) is 6.61 Å². The lowest BCUT2D eigenvalue weighted by atomic mass is 10.1. The molecule has 4 nitrogen and oxygen atoms in total. The van der Waals surface area contributed by atoms with Gasteiger partial charge < -0.3 is 9.94 Å².